The molecule has 26 heavy (non-hydrogen) atoms. The maximum absolute atomic E-state index is 12.4. The maximum atomic E-state index is 12.4. The van der Waals surface area contributed by atoms with E-state index >= 15 is 0 Å². The normalized spacial score (nSPS) is 10.3. The molecule has 130 valence electrons. The van der Waals surface area contributed by atoms with E-state index in [2.05, 4.69) is 5.32 Å². The summed E-state index contributed by atoms with van der Waals surface area (Å²) in [6, 6.07) is 20.7. The number of Topliss-reactive ketones (excluding diaryl/α,β-unsaturated/α-hetero) is 1. The van der Waals surface area contributed by atoms with Crippen LogP contribution in [0.2, 0.25) is 0 Å². The quantitative estimate of drug-likeness (QED) is 0.487. The first-order valence-electron chi connectivity index (χ1n) is 8.16. The van der Waals surface area contributed by atoms with Gasteiger partial charge in [-0.05, 0) is 54.1 Å². The molecule has 0 spiro atoms. The summed E-state index contributed by atoms with van der Waals surface area (Å²) in [6.45, 7) is 0. The van der Waals surface area contributed by atoms with Gasteiger partial charge in [0.15, 0.2) is 5.78 Å². The van der Waals surface area contributed by atoms with Crippen LogP contribution >= 0.6 is 0 Å². The van der Waals surface area contributed by atoms with Crippen molar-refractivity contribution in [1.82, 2.24) is 0 Å². The zero-order valence-electron chi connectivity index (χ0n) is 14.1. The van der Waals surface area contributed by atoms with Crippen LogP contribution in [0.3, 0.4) is 0 Å². The Kier molecular flexibility index (Phi) is 4.99. The number of carbonyl (C=O) groups excluding carboxylic acids is 2. The average Bonchev–Trinajstić information content (AvgIpc) is 2.65. The molecule has 0 aliphatic heterocycles. The highest BCUT2D eigenvalue weighted by atomic mass is 16.1. The monoisotopic (exact) mass is 345 g/mol. The lowest BCUT2D eigenvalue weighted by Gasteiger charge is -2.07. The Labute approximate surface area is 151 Å². The number of ketones is 1. The van der Waals surface area contributed by atoms with E-state index in [1.54, 1.807) is 60.7 Å². The lowest BCUT2D eigenvalue weighted by Crippen LogP contribution is -2.12. The van der Waals surface area contributed by atoms with Crippen LogP contribution in [0.5, 0.6) is 0 Å². The van der Waals surface area contributed by atoms with Crippen LogP contribution in [0.25, 0.3) is 0 Å². The van der Waals surface area contributed by atoms with E-state index in [0.29, 0.717) is 28.2 Å². The number of amides is 1. The molecule has 3 aromatic carbocycles. The van der Waals surface area contributed by atoms with Crippen molar-refractivity contribution in [2.75, 3.05) is 16.8 Å². The molecule has 0 saturated heterocycles. The molecule has 0 aromatic heterocycles. The summed E-state index contributed by atoms with van der Waals surface area (Å²) in [7, 11) is 0. The molecule has 5 heteroatoms. The number of nitrogens with one attached hydrogen (secondary N) is 1. The molecule has 0 heterocycles. The van der Waals surface area contributed by atoms with Gasteiger partial charge in [0, 0.05) is 34.6 Å². The second-order valence-electron chi connectivity index (χ2n) is 6.00. The van der Waals surface area contributed by atoms with Crippen LogP contribution < -0.4 is 16.8 Å². The van der Waals surface area contributed by atoms with Gasteiger partial charge in [0.05, 0.1) is 0 Å². The van der Waals surface area contributed by atoms with Crippen LogP contribution in [0.15, 0.2) is 72.8 Å². The van der Waals surface area contributed by atoms with Crippen molar-refractivity contribution >= 4 is 28.8 Å². The number of hydrogen-bond donors (Lipinski definition) is 3. The highest BCUT2D eigenvalue weighted by molar-refractivity contribution is 6.05. The summed E-state index contributed by atoms with van der Waals surface area (Å²) in [5.74, 6) is -0.257. The number of rotatable bonds is 5. The van der Waals surface area contributed by atoms with Crippen molar-refractivity contribution in [3.8, 4) is 0 Å². The molecule has 5 nitrogen and oxygen atoms in total. The Morgan fingerprint density at radius 3 is 1.77 bits per heavy atom. The van der Waals surface area contributed by atoms with Crippen LogP contribution in [-0.4, -0.2) is 11.7 Å². The summed E-state index contributed by atoms with van der Waals surface area (Å²) in [4.78, 5) is 24.6. The number of benzene rings is 3. The van der Waals surface area contributed by atoms with Gasteiger partial charge in [0.25, 0.3) is 5.91 Å². The number of nitrogens with two attached hydrogens (primary N) is 2. The Bertz CT molecular complexity index is 836. The summed E-state index contributed by atoms with van der Waals surface area (Å²) >= 11 is 0. The molecular formula is C21H19N3O2. The molecule has 0 aliphatic rings. The zero-order chi connectivity index (χ0) is 18.5. The summed E-state index contributed by atoms with van der Waals surface area (Å²) < 4.78 is 0. The SMILES string of the molecule is Nc1ccc(CC(=O)c2ccc(C(=O)Nc3ccc(N)cc3)cc2)cc1. The molecule has 1 amide bonds. The predicted octanol–water partition coefficient (Wildman–Crippen LogP) is 3.53. The van der Waals surface area contributed by atoms with Gasteiger partial charge in [0.2, 0.25) is 0 Å². The molecule has 3 aromatic rings. The summed E-state index contributed by atoms with van der Waals surface area (Å²) in [5, 5.41) is 2.79. The smallest absolute Gasteiger partial charge is 0.255 e. The highest BCUT2D eigenvalue weighted by Crippen LogP contribution is 2.14. The van der Waals surface area contributed by atoms with Gasteiger partial charge in [-0.15, -0.1) is 0 Å². The van der Waals surface area contributed by atoms with E-state index in [1.807, 2.05) is 12.1 Å². The van der Waals surface area contributed by atoms with Gasteiger partial charge in [0.1, 0.15) is 0 Å². The number of carbonyl (C=O) groups is 2. The Morgan fingerprint density at radius 2 is 1.19 bits per heavy atom. The van der Waals surface area contributed by atoms with Gasteiger partial charge < -0.3 is 16.8 Å². The second-order valence-corrected chi connectivity index (χ2v) is 6.00. The largest absolute Gasteiger partial charge is 0.399 e. The molecule has 0 bridgehead atoms. The van der Waals surface area contributed by atoms with E-state index in [9.17, 15) is 9.59 Å². The Morgan fingerprint density at radius 1 is 0.692 bits per heavy atom. The lowest BCUT2D eigenvalue weighted by atomic mass is 10.0. The maximum Gasteiger partial charge on any atom is 0.255 e. The number of nitrogen functional groups attached to an aromatic ring is 2. The first-order valence-corrected chi connectivity index (χ1v) is 8.16. The van der Waals surface area contributed by atoms with Crippen molar-refractivity contribution in [1.29, 1.82) is 0 Å². The molecular weight excluding hydrogens is 326 g/mol. The molecule has 0 radical (unpaired) electrons. The first-order chi connectivity index (χ1) is 12.5. The van der Waals surface area contributed by atoms with E-state index in [-0.39, 0.29) is 18.1 Å². The minimum absolute atomic E-state index is 0.0136. The molecule has 0 aliphatic carbocycles. The minimum Gasteiger partial charge on any atom is -0.399 e. The van der Waals surface area contributed by atoms with Crippen LogP contribution in [0.1, 0.15) is 26.3 Å². The number of hydrogen-bond acceptors (Lipinski definition) is 4. The van der Waals surface area contributed by atoms with Crippen molar-refractivity contribution < 1.29 is 9.59 Å². The van der Waals surface area contributed by atoms with Crippen LogP contribution in [0, 0.1) is 0 Å². The summed E-state index contributed by atoms with van der Waals surface area (Å²) in [6.07, 6.45) is 0.289. The molecule has 0 unspecified atom stereocenters. The van der Waals surface area contributed by atoms with Crippen molar-refractivity contribution in [2.24, 2.45) is 0 Å². The van der Waals surface area contributed by atoms with Gasteiger partial charge >= 0.3 is 0 Å². The average molecular weight is 345 g/mol. The third-order valence-corrected chi connectivity index (χ3v) is 3.98. The van der Waals surface area contributed by atoms with Gasteiger partial charge in [-0.1, -0.05) is 24.3 Å². The zero-order valence-corrected chi connectivity index (χ0v) is 14.1. The summed E-state index contributed by atoms with van der Waals surface area (Å²) in [5.41, 5.74) is 15.2. The van der Waals surface area contributed by atoms with Gasteiger partial charge in [-0.3, -0.25) is 9.59 Å². The van der Waals surface area contributed by atoms with E-state index in [4.69, 9.17) is 11.5 Å². The minimum atomic E-state index is -0.243. The lowest BCUT2D eigenvalue weighted by molar-refractivity contribution is 0.0989. The van der Waals surface area contributed by atoms with Gasteiger partial charge in [-0.25, -0.2) is 0 Å². The third kappa shape index (κ3) is 4.27. The second kappa shape index (κ2) is 7.53. The van der Waals surface area contributed by atoms with Crippen molar-refractivity contribution in [3.05, 3.63) is 89.5 Å². The topological polar surface area (TPSA) is 98.2 Å². The predicted molar refractivity (Wildman–Crippen MR) is 104 cm³/mol. The Balaban J connectivity index is 1.65. The first kappa shape index (κ1) is 17.2. The van der Waals surface area contributed by atoms with Crippen molar-refractivity contribution in [2.45, 2.75) is 6.42 Å². The molecule has 5 N–H and O–H groups in total. The van der Waals surface area contributed by atoms with Gasteiger partial charge in [-0.2, -0.15) is 0 Å². The Hall–Kier alpha value is -3.60. The van der Waals surface area contributed by atoms with E-state index < -0.39 is 0 Å². The molecule has 0 saturated carbocycles. The molecule has 3 rings (SSSR count). The van der Waals surface area contributed by atoms with E-state index in [0.717, 1.165) is 5.56 Å². The van der Waals surface area contributed by atoms with Crippen molar-refractivity contribution in [3.63, 3.8) is 0 Å². The molecule has 0 atom stereocenters. The fraction of sp³-hybridized carbons (Fsp3) is 0.0476. The molecule has 0 fully saturated rings. The fourth-order valence-electron chi connectivity index (χ4n) is 2.50. The number of anilines is 3. The fourth-order valence-corrected chi connectivity index (χ4v) is 2.50. The van der Waals surface area contributed by atoms with E-state index in [1.165, 1.54) is 0 Å². The van der Waals surface area contributed by atoms with Crippen LogP contribution in [0.4, 0.5) is 17.1 Å². The standard InChI is InChI=1S/C21H19N3O2/c22-17-7-1-14(2-8-17)13-20(25)15-3-5-16(6-4-15)21(26)24-19-11-9-18(23)10-12-19/h1-12H,13,22-23H2,(H,24,26). The van der Waals surface area contributed by atoms with Crippen LogP contribution in [-0.2, 0) is 6.42 Å². The highest BCUT2D eigenvalue weighted by Gasteiger charge is 2.10. The third-order valence-electron chi connectivity index (χ3n) is 3.98.